The van der Waals surface area contributed by atoms with Crippen LogP contribution < -0.4 is 15.0 Å². The molecule has 0 unspecified atom stereocenters. The third-order valence-electron chi connectivity index (χ3n) is 10.3. The van der Waals surface area contributed by atoms with E-state index in [9.17, 15) is 14.4 Å². The molecule has 3 fully saturated rings. The number of aryl methyl sites for hydroxylation is 1. The Balaban J connectivity index is 1.14. The fraction of sp³-hybridized carbons (Fsp3) is 0.526. The normalized spacial score (nSPS) is 22.8. The molecule has 3 saturated carbocycles. The van der Waals surface area contributed by atoms with Crippen LogP contribution in [-0.2, 0) is 14.4 Å². The Morgan fingerprint density at radius 3 is 2.36 bits per heavy atom. The summed E-state index contributed by atoms with van der Waals surface area (Å²) in [5.41, 5.74) is 4.61. The summed E-state index contributed by atoms with van der Waals surface area (Å²) in [5.74, 6) is 1.36. The number of ether oxygens (including phenoxy) is 1. The fourth-order valence-corrected chi connectivity index (χ4v) is 8.49. The van der Waals surface area contributed by atoms with Crippen LogP contribution in [-0.4, -0.2) is 47.6 Å². The molecule has 0 atom stereocenters. The Hall–Kier alpha value is -3.72. The molecular formula is C38H47N3O5S. The Bertz CT molecular complexity index is 1570. The molecule has 0 saturated heterocycles. The van der Waals surface area contributed by atoms with Gasteiger partial charge in [-0.15, -0.1) is 11.3 Å². The Kier molecular flexibility index (Phi) is 10.6. The predicted molar refractivity (Wildman–Crippen MR) is 185 cm³/mol. The van der Waals surface area contributed by atoms with Crippen molar-refractivity contribution >= 4 is 34.8 Å². The van der Waals surface area contributed by atoms with Crippen molar-refractivity contribution in [3.63, 3.8) is 0 Å². The van der Waals surface area contributed by atoms with E-state index in [4.69, 9.17) is 14.8 Å². The lowest BCUT2D eigenvalue weighted by Crippen LogP contribution is -2.44. The second-order valence-electron chi connectivity index (χ2n) is 13.8. The number of hydrogen-bond donors (Lipinski definition) is 2. The van der Waals surface area contributed by atoms with Gasteiger partial charge in [-0.05, 0) is 118 Å². The molecule has 1 aromatic heterocycles. The average molecular weight is 658 g/mol. The number of carbonyl (C=O) groups is 3. The molecule has 2 amide bonds. The molecule has 0 radical (unpaired) electrons. The van der Waals surface area contributed by atoms with Crippen LogP contribution in [0.25, 0.3) is 10.4 Å². The number of thiazole rings is 1. The van der Waals surface area contributed by atoms with Crippen LogP contribution in [0.3, 0.4) is 0 Å². The molecule has 47 heavy (non-hydrogen) atoms. The van der Waals surface area contributed by atoms with Crippen molar-refractivity contribution in [1.82, 2.24) is 10.3 Å². The zero-order chi connectivity index (χ0) is 32.9. The smallest absolute Gasteiger partial charge is 0.303 e. The van der Waals surface area contributed by atoms with Crippen LogP contribution in [0.2, 0.25) is 0 Å². The number of hydrogen-bond acceptors (Lipinski definition) is 6. The standard InChI is InChI=1S/C38H47N3O5S/c1-24-20-29(14-17-33(24)46-2)26-8-6-25(7-9-26)23-41(32-5-3-4-30(21-32)34-22-39-37(47-34)27-10-11-27)38(45)28-12-15-31(16-13-28)40-35(42)18-19-36(43)44/h3-5,14,17,20-22,25-28,31H,6-13,15-16,18-19,23H2,1-2H3,(H,40,42)(H,43,44). The zero-order valence-corrected chi connectivity index (χ0v) is 28.4. The summed E-state index contributed by atoms with van der Waals surface area (Å²) in [5, 5.41) is 13.1. The summed E-state index contributed by atoms with van der Waals surface area (Å²) in [6.45, 7) is 2.81. The van der Waals surface area contributed by atoms with Crippen LogP contribution >= 0.6 is 11.3 Å². The van der Waals surface area contributed by atoms with E-state index in [1.165, 1.54) is 29.0 Å². The van der Waals surface area contributed by atoms with Gasteiger partial charge in [-0.2, -0.15) is 0 Å². The third kappa shape index (κ3) is 8.42. The van der Waals surface area contributed by atoms with Gasteiger partial charge in [0.25, 0.3) is 0 Å². The predicted octanol–water partition coefficient (Wildman–Crippen LogP) is 7.85. The lowest BCUT2D eigenvalue weighted by molar-refractivity contribution is -0.139. The summed E-state index contributed by atoms with van der Waals surface area (Å²) >= 11 is 1.77. The highest BCUT2D eigenvalue weighted by Gasteiger charge is 2.33. The molecule has 6 rings (SSSR count). The highest BCUT2D eigenvalue weighted by Crippen LogP contribution is 2.44. The maximum atomic E-state index is 14.4. The van der Waals surface area contributed by atoms with Crippen LogP contribution in [0.4, 0.5) is 5.69 Å². The van der Waals surface area contributed by atoms with Gasteiger partial charge in [0.15, 0.2) is 0 Å². The molecule has 3 aliphatic rings. The van der Waals surface area contributed by atoms with E-state index in [0.717, 1.165) is 60.4 Å². The first-order valence-electron chi connectivity index (χ1n) is 17.3. The van der Waals surface area contributed by atoms with Gasteiger partial charge in [-0.1, -0.05) is 24.3 Å². The van der Waals surface area contributed by atoms with Crippen LogP contribution in [0.15, 0.2) is 48.7 Å². The van der Waals surface area contributed by atoms with E-state index in [2.05, 4.69) is 59.6 Å². The number of aliphatic carboxylic acids is 1. The van der Waals surface area contributed by atoms with Crippen molar-refractivity contribution in [1.29, 1.82) is 0 Å². The van der Waals surface area contributed by atoms with Crippen molar-refractivity contribution in [3.05, 3.63) is 64.8 Å². The van der Waals surface area contributed by atoms with E-state index in [1.54, 1.807) is 18.4 Å². The second kappa shape index (κ2) is 15.0. The number of rotatable bonds is 12. The number of nitrogens with zero attached hydrogens (tertiary/aromatic N) is 2. The molecule has 3 aliphatic carbocycles. The monoisotopic (exact) mass is 657 g/mol. The maximum Gasteiger partial charge on any atom is 0.303 e. The lowest BCUT2D eigenvalue weighted by atomic mass is 9.78. The summed E-state index contributed by atoms with van der Waals surface area (Å²) in [6, 6.07) is 15.0. The molecule has 3 aromatic rings. The zero-order valence-electron chi connectivity index (χ0n) is 27.6. The van der Waals surface area contributed by atoms with Crippen LogP contribution in [0, 0.1) is 18.8 Å². The average Bonchev–Trinajstić information content (AvgIpc) is 3.82. The highest BCUT2D eigenvalue weighted by molar-refractivity contribution is 7.15. The van der Waals surface area contributed by atoms with Crippen LogP contribution in [0.5, 0.6) is 5.75 Å². The van der Waals surface area contributed by atoms with Crippen LogP contribution in [0.1, 0.15) is 105 Å². The topological polar surface area (TPSA) is 109 Å². The molecule has 0 bridgehead atoms. The lowest BCUT2D eigenvalue weighted by Gasteiger charge is -2.36. The first-order valence-corrected chi connectivity index (χ1v) is 18.1. The van der Waals surface area contributed by atoms with Crippen molar-refractivity contribution in [2.45, 2.75) is 102 Å². The maximum absolute atomic E-state index is 14.4. The van der Waals surface area contributed by atoms with E-state index in [0.29, 0.717) is 37.1 Å². The molecule has 2 N–H and O–H groups in total. The number of methoxy groups -OCH3 is 1. The minimum atomic E-state index is -0.971. The van der Waals surface area contributed by atoms with E-state index < -0.39 is 5.97 Å². The van der Waals surface area contributed by atoms with Gasteiger partial charge in [0, 0.05) is 42.7 Å². The molecule has 1 heterocycles. The largest absolute Gasteiger partial charge is 0.496 e. The number of carboxylic acid groups (broad SMARTS) is 1. The SMILES string of the molecule is COc1ccc(C2CCC(CN(C(=O)C3CCC(NC(=O)CCC(=O)O)CC3)c3cccc(-c4cnc(C5CC5)s4)c3)CC2)cc1C. The van der Waals surface area contributed by atoms with E-state index >= 15 is 0 Å². The van der Waals surface area contributed by atoms with Crippen molar-refractivity contribution < 1.29 is 24.2 Å². The van der Waals surface area contributed by atoms with Gasteiger partial charge < -0.3 is 20.1 Å². The summed E-state index contributed by atoms with van der Waals surface area (Å²) < 4.78 is 5.48. The first kappa shape index (κ1) is 33.2. The second-order valence-corrected chi connectivity index (χ2v) is 14.9. The molecule has 8 nitrogen and oxygen atoms in total. The number of nitrogens with one attached hydrogen (secondary N) is 1. The molecule has 2 aromatic carbocycles. The van der Waals surface area contributed by atoms with Gasteiger partial charge in [-0.3, -0.25) is 14.4 Å². The van der Waals surface area contributed by atoms with Gasteiger partial charge >= 0.3 is 5.97 Å². The minimum Gasteiger partial charge on any atom is -0.496 e. The fourth-order valence-electron chi connectivity index (χ4n) is 7.41. The number of anilines is 1. The number of carboxylic acids is 1. The molecule has 0 aliphatic heterocycles. The highest BCUT2D eigenvalue weighted by atomic mass is 32.1. The van der Waals surface area contributed by atoms with Gasteiger partial charge in [0.2, 0.25) is 11.8 Å². The Morgan fingerprint density at radius 1 is 0.936 bits per heavy atom. The third-order valence-corrected chi connectivity index (χ3v) is 11.6. The van der Waals surface area contributed by atoms with Crippen molar-refractivity contribution in [2.24, 2.45) is 11.8 Å². The molecule has 0 spiro atoms. The van der Waals surface area contributed by atoms with E-state index in [-0.39, 0.29) is 36.6 Å². The van der Waals surface area contributed by atoms with E-state index in [1.807, 2.05) is 6.20 Å². The quantitative estimate of drug-likeness (QED) is 0.205. The Labute approximate surface area is 281 Å². The summed E-state index contributed by atoms with van der Waals surface area (Å²) in [7, 11) is 1.72. The Morgan fingerprint density at radius 2 is 1.68 bits per heavy atom. The van der Waals surface area contributed by atoms with Gasteiger partial charge in [0.05, 0.1) is 23.4 Å². The number of carbonyl (C=O) groups excluding carboxylic acids is 2. The summed E-state index contributed by atoms with van der Waals surface area (Å²) in [6.07, 6.45) is 11.5. The van der Waals surface area contributed by atoms with Gasteiger partial charge in [-0.25, -0.2) is 4.98 Å². The minimum absolute atomic E-state index is 0.0130. The molecule has 250 valence electrons. The molecular weight excluding hydrogens is 611 g/mol. The first-order chi connectivity index (χ1) is 22.8. The number of aromatic nitrogens is 1. The number of amides is 2. The van der Waals surface area contributed by atoms with Crippen molar-refractivity contribution in [2.75, 3.05) is 18.6 Å². The molecule has 9 heteroatoms. The summed E-state index contributed by atoms with van der Waals surface area (Å²) in [4.78, 5) is 45.4. The number of benzene rings is 2. The van der Waals surface area contributed by atoms with Gasteiger partial charge in [0.1, 0.15) is 5.75 Å². The van der Waals surface area contributed by atoms with Crippen molar-refractivity contribution in [3.8, 4) is 16.2 Å².